The number of hydrogen-bond acceptors (Lipinski definition) is 4. The second-order valence-corrected chi connectivity index (χ2v) is 4.41. The molecule has 0 radical (unpaired) electrons. The maximum Gasteiger partial charge on any atom is 0.0953 e. The summed E-state index contributed by atoms with van der Waals surface area (Å²) in [7, 11) is 1.84. The van der Waals surface area contributed by atoms with Crippen molar-refractivity contribution in [1.29, 1.82) is 5.26 Å². The minimum atomic E-state index is -0.730. The molecular weight excluding hydrogens is 218 g/mol. The molecule has 92 valence electrons. The zero-order valence-electron chi connectivity index (χ0n) is 9.96. The molecule has 1 atom stereocenters. The summed E-state index contributed by atoms with van der Waals surface area (Å²) in [5.74, 6) is 0.341. The first-order valence-corrected chi connectivity index (χ1v) is 5.88. The molecule has 1 N–H and O–H groups in total. The summed E-state index contributed by atoms with van der Waals surface area (Å²) in [6.07, 6.45) is 3.06. The zero-order valence-corrected chi connectivity index (χ0v) is 9.96. The first-order chi connectivity index (χ1) is 8.22. The van der Waals surface area contributed by atoms with E-state index in [1.54, 1.807) is 4.68 Å². The summed E-state index contributed by atoms with van der Waals surface area (Å²) in [5, 5.41) is 23.0. The topological polar surface area (TPSA) is 71.1 Å². The van der Waals surface area contributed by atoms with Gasteiger partial charge in [0.25, 0.3) is 0 Å². The average molecular weight is 235 g/mol. The summed E-state index contributed by atoms with van der Waals surface area (Å²) in [5.41, 5.74) is 1.72. The number of aromatic nitrogens is 2. The van der Waals surface area contributed by atoms with Crippen molar-refractivity contribution in [2.45, 2.75) is 31.3 Å². The molecule has 5 heteroatoms. The van der Waals surface area contributed by atoms with Crippen LogP contribution in [0.15, 0.2) is 6.20 Å². The van der Waals surface area contributed by atoms with E-state index >= 15 is 0 Å². The van der Waals surface area contributed by atoms with E-state index in [2.05, 4.69) is 5.10 Å². The van der Waals surface area contributed by atoms with Gasteiger partial charge in [-0.1, -0.05) is 0 Å². The Balaban J connectivity index is 2.23. The van der Waals surface area contributed by atoms with Crippen molar-refractivity contribution in [3.8, 4) is 6.07 Å². The average Bonchev–Trinajstić information content (AvgIpc) is 2.73. The summed E-state index contributed by atoms with van der Waals surface area (Å²) in [4.78, 5) is 0. The molecular formula is C12H17N3O2. The lowest BCUT2D eigenvalue weighted by atomic mass is 9.92. The number of ether oxygens (including phenoxy) is 1. The molecule has 5 nitrogen and oxygen atoms in total. The first-order valence-electron chi connectivity index (χ1n) is 5.88. The molecule has 2 heterocycles. The Morgan fingerprint density at radius 3 is 3.00 bits per heavy atom. The first kappa shape index (κ1) is 12.1. The van der Waals surface area contributed by atoms with E-state index in [1.807, 2.05) is 19.3 Å². The van der Waals surface area contributed by atoms with Gasteiger partial charge >= 0.3 is 0 Å². The monoisotopic (exact) mass is 235 g/mol. The molecule has 1 saturated heterocycles. The Bertz CT molecular complexity index is 416. The molecule has 0 aliphatic carbocycles. The van der Waals surface area contributed by atoms with E-state index < -0.39 is 6.10 Å². The predicted molar refractivity (Wildman–Crippen MR) is 61.2 cm³/mol. The molecule has 1 aliphatic rings. The second kappa shape index (κ2) is 5.30. The van der Waals surface area contributed by atoms with E-state index in [0.717, 1.165) is 37.3 Å². The number of aliphatic hydroxyl groups is 1. The van der Waals surface area contributed by atoms with Gasteiger partial charge in [0.1, 0.15) is 0 Å². The maximum absolute atomic E-state index is 9.94. The molecule has 0 saturated carbocycles. The molecule has 2 rings (SSSR count). The van der Waals surface area contributed by atoms with Crippen molar-refractivity contribution in [1.82, 2.24) is 9.78 Å². The molecule has 0 amide bonds. The fourth-order valence-electron chi connectivity index (χ4n) is 2.27. The molecule has 0 bridgehead atoms. The van der Waals surface area contributed by atoms with Crippen LogP contribution in [0.3, 0.4) is 0 Å². The lowest BCUT2D eigenvalue weighted by Crippen LogP contribution is -2.16. The largest absolute Gasteiger partial charge is 0.387 e. The number of hydrogen-bond donors (Lipinski definition) is 1. The maximum atomic E-state index is 9.94. The molecule has 17 heavy (non-hydrogen) atoms. The number of aliphatic hydroxyl groups excluding tert-OH is 1. The standard InChI is InChI=1S/C12H17N3O2/c1-15-8-10(11(16)2-5-13)12(14-15)9-3-6-17-7-4-9/h8-9,11,16H,2-4,6-7H2,1H3. The fourth-order valence-corrected chi connectivity index (χ4v) is 2.27. The SMILES string of the molecule is Cn1cc(C(O)CC#N)c(C2CCOCC2)n1. The minimum Gasteiger partial charge on any atom is -0.387 e. The van der Waals surface area contributed by atoms with Gasteiger partial charge in [-0.05, 0) is 12.8 Å². The van der Waals surface area contributed by atoms with Gasteiger partial charge in [-0.15, -0.1) is 0 Å². The van der Waals surface area contributed by atoms with Gasteiger partial charge in [-0.25, -0.2) is 0 Å². The fraction of sp³-hybridized carbons (Fsp3) is 0.667. The highest BCUT2D eigenvalue weighted by atomic mass is 16.5. The van der Waals surface area contributed by atoms with Gasteiger partial charge in [0.05, 0.1) is 24.3 Å². The van der Waals surface area contributed by atoms with E-state index in [1.165, 1.54) is 0 Å². The number of aryl methyl sites for hydroxylation is 1. The van der Waals surface area contributed by atoms with Gasteiger partial charge in [-0.3, -0.25) is 4.68 Å². The van der Waals surface area contributed by atoms with Gasteiger partial charge < -0.3 is 9.84 Å². The van der Waals surface area contributed by atoms with E-state index in [0.29, 0.717) is 5.92 Å². The second-order valence-electron chi connectivity index (χ2n) is 4.41. The third kappa shape index (κ3) is 2.65. The van der Waals surface area contributed by atoms with Gasteiger partial charge in [0.15, 0.2) is 0 Å². The van der Waals surface area contributed by atoms with Crippen molar-refractivity contribution < 1.29 is 9.84 Å². The van der Waals surface area contributed by atoms with Crippen molar-refractivity contribution in [2.24, 2.45) is 7.05 Å². The highest BCUT2D eigenvalue weighted by molar-refractivity contribution is 5.24. The van der Waals surface area contributed by atoms with Crippen LogP contribution in [0.2, 0.25) is 0 Å². The van der Waals surface area contributed by atoms with Crippen LogP contribution in [-0.2, 0) is 11.8 Å². The normalized spacial score (nSPS) is 18.9. The van der Waals surface area contributed by atoms with E-state index in [-0.39, 0.29) is 6.42 Å². The Morgan fingerprint density at radius 1 is 1.65 bits per heavy atom. The molecule has 1 aliphatic heterocycles. The molecule has 0 spiro atoms. The summed E-state index contributed by atoms with van der Waals surface area (Å²) >= 11 is 0. The summed E-state index contributed by atoms with van der Waals surface area (Å²) in [6.45, 7) is 1.49. The van der Waals surface area contributed by atoms with E-state index in [9.17, 15) is 5.11 Å². The van der Waals surface area contributed by atoms with Crippen molar-refractivity contribution in [3.63, 3.8) is 0 Å². The lowest BCUT2D eigenvalue weighted by Gasteiger charge is -2.22. The molecule has 1 unspecified atom stereocenters. The van der Waals surface area contributed by atoms with Gasteiger partial charge in [-0.2, -0.15) is 10.4 Å². The van der Waals surface area contributed by atoms with Crippen molar-refractivity contribution >= 4 is 0 Å². The summed E-state index contributed by atoms with van der Waals surface area (Å²) < 4.78 is 7.04. The molecule has 1 aromatic heterocycles. The minimum absolute atomic E-state index is 0.113. The van der Waals surface area contributed by atoms with Crippen LogP contribution in [0, 0.1) is 11.3 Å². The van der Waals surface area contributed by atoms with Crippen LogP contribution in [0.1, 0.15) is 42.5 Å². The van der Waals surface area contributed by atoms with Crippen LogP contribution in [0.5, 0.6) is 0 Å². The number of rotatable bonds is 3. The Kier molecular flexibility index (Phi) is 3.77. The van der Waals surface area contributed by atoms with Crippen LogP contribution >= 0.6 is 0 Å². The third-order valence-corrected chi connectivity index (χ3v) is 3.14. The smallest absolute Gasteiger partial charge is 0.0953 e. The molecule has 0 aromatic carbocycles. The van der Waals surface area contributed by atoms with Crippen LogP contribution in [-0.4, -0.2) is 28.1 Å². The van der Waals surface area contributed by atoms with Gasteiger partial charge in [0.2, 0.25) is 0 Å². The number of nitrogens with zero attached hydrogens (tertiary/aromatic N) is 3. The molecule has 1 aromatic rings. The zero-order chi connectivity index (χ0) is 12.3. The lowest BCUT2D eigenvalue weighted by molar-refractivity contribution is 0.0833. The van der Waals surface area contributed by atoms with Crippen LogP contribution in [0.4, 0.5) is 0 Å². The third-order valence-electron chi connectivity index (χ3n) is 3.14. The summed E-state index contributed by atoms with van der Waals surface area (Å²) in [6, 6.07) is 1.99. The van der Waals surface area contributed by atoms with Crippen molar-refractivity contribution in [3.05, 3.63) is 17.5 Å². The molecule has 1 fully saturated rings. The Labute approximate surface area is 101 Å². The van der Waals surface area contributed by atoms with Crippen LogP contribution < -0.4 is 0 Å². The predicted octanol–water partition coefficient (Wildman–Crippen LogP) is 1.26. The quantitative estimate of drug-likeness (QED) is 0.856. The number of nitriles is 1. The Hall–Kier alpha value is -1.38. The highest BCUT2D eigenvalue weighted by Gasteiger charge is 2.25. The Morgan fingerprint density at radius 2 is 2.35 bits per heavy atom. The highest BCUT2D eigenvalue weighted by Crippen LogP contribution is 2.31. The van der Waals surface area contributed by atoms with E-state index in [4.69, 9.17) is 10.00 Å². The van der Waals surface area contributed by atoms with Crippen LogP contribution in [0.25, 0.3) is 0 Å². The van der Waals surface area contributed by atoms with Crippen molar-refractivity contribution in [2.75, 3.05) is 13.2 Å². The van der Waals surface area contributed by atoms with Gasteiger partial charge in [0, 0.05) is 37.9 Å².